The third kappa shape index (κ3) is 4.26. The number of hydrogen-bond donors (Lipinski definition) is 2. The molecule has 1 saturated carbocycles. The normalized spacial score (nSPS) is 21.8. The van der Waals surface area contributed by atoms with Gasteiger partial charge in [-0.25, -0.2) is 13.1 Å². The first-order valence-electron chi connectivity index (χ1n) is 7.54. The van der Waals surface area contributed by atoms with Gasteiger partial charge in [0, 0.05) is 18.6 Å². The van der Waals surface area contributed by atoms with E-state index in [0.29, 0.717) is 10.3 Å². The fourth-order valence-corrected chi connectivity index (χ4v) is 5.07. The molecule has 1 aromatic rings. The minimum absolute atomic E-state index is 0.0707. The van der Waals surface area contributed by atoms with Crippen LogP contribution in [-0.4, -0.2) is 45.5 Å². The second-order valence-electron chi connectivity index (χ2n) is 6.13. The van der Waals surface area contributed by atoms with Crippen molar-refractivity contribution in [1.29, 1.82) is 0 Å². The van der Waals surface area contributed by atoms with Crippen LogP contribution in [0.15, 0.2) is 15.7 Å². The molecule has 7 heteroatoms. The average Bonchev–Trinajstić information content (AvgIpc) is 3.15. The number of nitrogens with zero attached hydrogens (tertiary/aromatic N) is 1. The molecule has 1 saturated heterocycles. The number of nitrogens with one attached hydrogen (secondary N) is 2. The predicted molar refractivity (Wildman–Crippen MR) is 85.0 cm³/mol. The summed E-state index contributed by atoms with van der Waals surface area (Å²) in [6.45, 7) is 2.67. The van der Waals surface area contributed by atoms with Gasteiger partial charge in [-0.3, -0.25) is 0 Å². The fraction of sp³-hybridized carbons (Fsp3) is 0.714. The van der Waals surface area contributed by atoms with Crippen LogP contribution >= 0.6 is 11.3 Å². The van der Waals surface area contributed by atoms with Gasteiger partial charge in [0.05, 0.1) is 0 Å². The summed E-state index contributed by atoms with van der Waals surface area (Å²) in [5, 5.41) is 5.35. The molecule has 118 valence electrons. The first-order valence-corrected chi connectivity index (χ1v) is 9.91. The molecule has 1 aliphatic heterocycles. The highest BCUT2D eigenvalue weighted by atomic mass is 32.2. The van der Waals surface area contributed by atoms with Crippen molar-refractivity contribution in [3.05, 3.63) is 17.0 Å². The van der Waals surface area contributed by atoms with Gasteiger partial charge < -0.3 is 10.2 Å². The molecule has 21 heavy (non-hydrogen) atoms. The van der Waals surface area contributed by atoms with Crippen LogP contribution in [-0.2, 0) is 16.6 Å². The van der Waals surface area contributed by atoms with Gasteiger partial charge in [-0.05, 0) is 62.8 Å². The molecule has 1 aliphatic carbocycles. The summed E-state index contributed by atoms with van der Waals surface area (Å²) in [5.74, 6) is 0. The van der Waals surface area contributed by atoms with Crippen LogP contribution in [0.2, 0.25) is 0 Å². The largest absolute Gasteiger partial charge is 0.310 e. The highest BCUT2D eigenvalue weighted by molar-refractivity contribution is 7.91. The molecule has 0 aromatic carbocycles. The topological polar surface area (TPSA) is 61.4 Å². The maximum atomic E-state index is 12.4. The minimum Gasteiger partial charge on any atom is -0.310 e. The zero-order valence-electron chi connectivity index (χ0n) is 12.3. The summed E-state index contributed by atoms with van der Waals surface area (Å²) in [4.78, 5) is 2.23. The lowest BCUT2D eigenvalue weighted by atomic mass is 10.1. The number of hydrogen-bond acceptors (Lipinski definition) is 5. The van der Waals surface area contributed by atoms with Crippen molar-refractivity contribution >= 4 is 21.4 Å². The van der Waals surface area contributed by atoms with E-state index in [2.05, 4.69) is 22.0 Å². The molecule has 0 radical (unpaired) electrons. The Labute approximate surface area is 130 Å². The summed E-state index contributed by atoms with van der Waals surface area (Å²) in [6, 6.07) is 2.51. The molecular formula is C14H23N3O2S2. The fourth-order valence-electron chi connectivity index (χ4n) is 2.54. The maximum Gasteiger partial charge on any atom is 0.250 e. The van der Waals surface area contributed by atoms with Gasteiger partial charge in [-0.15, -0.1) is 11.3 Å². The second-order valence-corrected chi connectivity index (χ2v) is 8.98. The van der Waals surface area contributed by atoms with Crippen molar-refractivity contribution in [3.63, 3.8) is 0 Å². The van der Waals surface area contributed by atoms with Crippen molar-refractivity contribution in [2.24, 2.45) is 0 Å². The van der Waals surface area contributed by atoms with Crippen molar-refractivity contribution < 1.29 is 8.42 Å². The zero-order valence-corrected chi connectivity index (χ0v) is 14.0. The van der Waals surface area contributed by atoms with E-state index in [0.717, 1.165) is 38.0 Å². The van der Waals surface area contributed by atoms with Crippen LogP contribution in [0, 0.1) is 0 Å². The lowest BCUT2D eigenvalue weighted by Crippen LogP contribution is -2.43. The molecule has 0 atom stereocenters. The van der Waals surface area contributed by atoms with Gasteiger partial charge in [0.25, 0.3) is 0 Å². The Bertz CT molecular complexity index is 573. The van der Waals surface area contributed by atoms with Crippen LogP contribution in [0.5, 0.6) is 0 Å². The maximum absolute atomic E-state index is 12.4. The summed E-state index contributed by atoms with van der Waals surface area (Å²) in [5.41, 5.74) is 1.07. The van der Waals surface area contributed by atoms with E-state index in [4.69, 9.17) is 0 Å². The van der Waals surface area contributed by atoms with E-state index in [9.17, 15) is 8.42 Å². The van der Waals surface area contributed by atoms with E-state index in [-0.39, 0.29) is 6.04 Å². The number of rotatable bonds is 6. The average molecular weight is 329 g/mol. The Morgan fingerprint density at radius 2 is 1.95 bits per heavy atom. The molecule has 0 bridgehead atoms. The standard InChI is InChI=1S/C14H23N3O2S2/c1-17-6-4-13(5-7-17)16-21(18,19)14-8-11(10-20-14)9-15-12-2-3-12/h8,10,12-13,15-16H,2-7,9H2,1H3. The van der Waals surface area contributed by atoms with Gasteiger partial charge in [-0.1, -0.05) is 0 Å². The van der Waals surface area contributed by atoms with E-state index in [1.54, 1.807) is 6.07 Å². The third-order valence-electron chi connectivity index (χ3n) is 4.11. The van der Waals surface area contributed by atoms with E-state index in [1.165, 1.54) is 24.2 Å². The van der Waals surface area contributed by atoms with Crippen molar-refractivity contribution in [1.82, 2.24) is 14.9 Å². The minimum atomic E-state index is -3.36. The SMILES string of the molecule is CN1CCC(NS(=O)(=O)c2cc(CNC3CC3)cs2)CC1. The Balaban J connectivity index is 1.58. The van der Waals surface area contributed by atoms with Gasteiger partial charge in [-0.2, -0.15) is 0 Å². The van der Waals surface area contributed by atoms with Gasteiger partial charge in [0.15, 0.2) is 0 Å². The lowest BCUT2D eigenvalue weighted by molar-refractivity contribution is 0.248. The lowest BCUT2D eigenvalue weighted by Gasteiger charge is -2.29. The second kappa shape index (κ2) is 6.34. The van der Waals surface area contributed by atoms with Crippen molar-refractivity contribution in [2.45, 2.75) is 48.5 Å². The summed E-state index contributed by atoms with van der Waals surface area (Å²) in [7, 11) is -1.28. The molecule has 0 unspecified atom stereocenters. The molecule has 2 aliphatic rings. The Morgan fingerprint density at radius 3 is 2.62 bits per heavy atom. The number of likely N-dealkylation sites (tertiary alicyclic amines) is 1. The summed E-state index contributed by atoms with van der Waals surface area (Å²) >= 11 is 1.32. The molecule has 2 fully saturated rings. The Kier molecular flexibility index (Phi) is 4.66. The zero-order chi connectivity index (χ0) is 14.9. The molecule has 5 nitrogen and oxygen atoms in total. The summed E-state index contributed by atoms with van der Waals surface area (Å²) < 4.78 is 28.1. The molecule has 2 N–H and O–H groups in total. The molecule has 1 aromatic heterocycles. The van der Waals surface area contributed by atoms with Crippen molar-refractivity contribution in [2.75, 3.05) is 20.1 Å². The van der Waals surface area contributed by atoms with E-state index in [1.807, 2.05) is 5.38 Å². The highest BCUT2D eigenvalue weighted by Crippen LogP contribution is 2.23. The Morgan fingerprint density at radius 1 is 1.24 bits per heavy atom. The molecule has 0 spiro atoms. The van der Waals surface area contributed by atoms with Crippen LogP contribution in [0.1, 0.15) is 31.2 Å². The Hall–Kier alpha value is -0.470. The van der Waals surface area contributed by atoms with Crippen LogP contribution in [0.25, 0.3) is 0 Å². The van der Waals surface area contributed by atoms with E-state index >= 15 is 0 Å². The molecule has 3 rings (SSSR count). The van der Waals surface area contributed by atoms with Crippen molar-refractivity contribution in [3.8, 4) is 0 Å². The quantitative estimate of drug-likeness (QED) is 0.828. The van der Waals surface area contributed by atoms with Gasteiger partial charge in [0.2, 0.25) is 10.0 Å². The molecular weight excluding hydrogens is 306 g/mol. The van der Waals surface area contributed by atoms with Crippen LogP contribution in [0.3, 0.4) is 0 Å². The monoisotopic (exact) mass is 329 g/mol. The first-order chi connectivity index (χ1) is 10.0. The molecule has 0 amide bonds. The van der Waals surface area contributed by atoms with Gasteiger partial charge >= 0.3 is 0 Å². The van der Waals surface area contributed by atoms with E-state index < -0.39 is 10.0 Å². The number of piperidine rings is 1. The predicted octanol–water partition coefficient (Wildman–Crippen LogP) is 1.37. The molecule has 2 heterocycles. The number of sulfonamides is 1. The van der Waals surface area contributed by atoms with Crippen LogP contribution in [0.4, 0.5) is 0 Å². The summed E-state index contributed by atoms with van der Waals surface area (Å²) in [6.07, 6.45) is 4.26. The smallest absolute Gasteiger partial charge is 0.250 e. The van der Waals surface area contributed by atoms with Crippen LogP contribution < -0.4 is 10.0 Å². The number of thiophene rings is 1. The highest BCUT2D eigenvalue weighted by Gasteiger charge is 2.25. The third-order valence-corrected chi connectivity index (χ3v) is 7.12. The van der Waals surface area contributed by atoms with Gasteiger partial charge in [0.1, 0.15) is 4.21 Å². The first kappa shape index (κ1) is 15.4.